The molecule has 0 atom stereocenters. The van der Waals surface area contributed by atoms with E-state index >= 15 is 0 Å². The highest BCUT2D eigenvalue weighted by Gasteiger charge is 2.02. The normalized spacial score (nSPS) is 10.5. The van der Waals surface area contributed by atoms with Gasteiger partial charge in [-0.15, -0.1) is 0 Å². The van der Waals surface area contributed by atoms with Crippen LogP contribution in [0.1, 0.15) is 16.7 Å². The zero-order valence-corrected chi connectivity index (χ0v) is 17.2. The van der Waals surface area contributed by atoms with Gasteiger partial charge in [-0.25, -0.2) is 0 Å². The van der Waals surface area contributed by atoms with Gasteiger partial charge in [0.15, 0.2) is 0 Å². The van der Waals surface area contributed by atoms with Crippen molar-refractivity contribution in [3.8, 4) is 28.7 Å². The van der Waals surface area contributed by atoms with Gasteiger partial charge in [0, 0.05) is 0 Å². The smallest absolute Gasteiger partial charge is 0.127 e. The molecule has 4 aromatic carbocycles. The maximum absolute atomic E-state index is 5.96. The third kappa shape index (κ3) is 5.21. The fourth-order valence-electron chi connectivity index (χ4n) is 3.11. The quantitative estimate of drug-likeness (QED) is 0.331. The molecule has 0 saturated heterocycles. The summed E-state index contributed by atoms with van der Waals surface area (Å²) in [6, 6.07) is 32.0. The molecule has 0 aliphatic rings. The molecule has 0 bridgehead atoms. The molecular formula is C27H24O3. The van der Waals surface area contributed by atoms with E-state index in [0.29, 0.717) is 0 Å². The Morgan fingerprint density at radius 3 is 1.20 bits per heavy atom. The summed E-state index contributed by atoms with van der Waals surface area (Å²) >= 11 is 0. The number of ether oxygens (including phenoxy) is 3. The van der Waals surface area contributed by atoms with Gasteiger partial charge in [0.2, 0.25) is 0 Å². The van der Waals surface area contributed by atoms with Gasteiger partial charge in [0.25, 0.3) is 0 Å². The molecule has 0 unspecified atom stereocenters. The predicted octanol–water partition coefficient (Wildman–Crippen LogP) is 7.18. The third-order valence-corrected chi connectivity index (χ3v) is 4.81. The summed E-state index contributed by atoms with van der Waals surface area (Å²) < 4.78 is 17.0. The van der Waals surface area contributed by atoms with Crippen molar-refractivity contribution in [2.24, 2.45) is 0 Å². The van der Waals surface area contributed by atoms with Crippen molar-refractivity contribution in [2.75, 3.05) is 7.11 Å². The van der Waals surface area contributed by atoms with Crippen molar-refractivity contribution in [3.63, 3.8) is 0 Å². The summed E-state index contributed by atoms with van der Waals surface area (Å²) in [5, 5.41) is 0. The predicted molar refractivity (Wildman–Crippen MR) is 120 cm³/mol. The standard InChI is InChI=1S/C27H24O3/c1-20-3-5-21(6-4-20)19-22-7-9-24(10-8-22)29-26-15-17-27(18-16-26)30-25-13-11-23(28-2)12-14-25/h3-18H,19H2,1-2H3. The first kappa shape index (κ1) is 19.6. The Hall–Kier alpha value is -3.72. The maximum Gasteiger partial charge on any atom is 0.127 e. The lowest BCUT2D eigenvalue weighted by Crippen LogP contribution is -1.90. The van der Waals surface area contributed by atoms with Crippen molar-refractivity contribution in [1.29, 1.82) is 0 Å². The summed E-state index contributed by atoms with van der Waals surface area (Å²) in [4.78, 5) is 0. The van der Waals surface area contributed by atoms with Crippen LogP contribution in [0.5, 0.6) is 28.7 Å². The van der Waals surface area contributed by atoms with E-state index < -0.39 is 0 Å². The molecule has 0 aliphatic carbocycles. The molecule has 3 nitrogen and oxygen atoms in total. The van der Waals surface area contributed by atoms with Crippen molar-refractivity contribution < 1.29 is 14.2 Å². The molecule has 0 fully saturated rings. The summed E-state index contributed by atoms with van der Waals surface area (Å²) in [5.74, 6) is 3.89. The topological polar surface area (TPSA) is 27.7 Å². The minimum Gasteiger partial charge on any atom is -0.497 e. The minimum atomic E-state index is 0.751. The Balaban J connectivity index is 1.35. The lowest BCUT2D eigenvalue weighted by atomic mass is 10.0. The van der Waals surface area contributed by atoms with E-state index in [1.165, 1.54) is 16.7 Å². The highest BCUT2D eigenvalue weighted by Crippen LogP contribution is 2.28. The van der Waals surface area contributed by atoms with Crippen LogP contribution in [0.2, 0.25) is 0 Å². The fourth-order valence-corrected chi connectivity index (χ4v) is 3.11. The average molecular weight is 396 g/mol. The van der Waals surface area contributed by atoms with Crippen molar-refractivity contribution in [1.82, 2.24) is 0 Å². The van der Waals surface area contributed by atoms with Crippen LogP contribution in [0.25, 0.3) is 0 Å². The van der Waals surface area contributed by atoms with E-state index in [0.717, 1.165) is 35.2 Å². The Kier molecular flexibility index (Phi) is 6.00. The van der Waals surface area contributed by atoms with Gasteiger partial charge in [0.1, 0.15) is 28.7 Å². The molecule has 0 heterocycles. The minimum absolute atomic E-state index is 0.751. The number of benzene rings is 4. The van der Waals surface area contributed by atoms with Gasteiger partial charge in [-0.1, -0.05) is 42.0 Å². The molecule has 0 amide bonds. The largest absolute Gasteiger partial charge is 0.497 e. The van der Waals surface area contributed by atoms with Crippen LogP contribution in [0.15, 0.2) is 97.1 Å². The SMILES string of the molecule is COc1ccc(Oc2ccc(Oc3ccc(Cc4ccc(C)cc4)cc3)cc2)cc1. The fraction of sp³-hybridized carbons (Fsp3) is 0.111. The zero-order valence-electron chi connectivity index (χ0n) is 17.2. The van der Waals surface area contributed by atoms with Crippen LogP contribution >= 0.6 is 0 Å². The summed E-state index contributed by atoms with van der Waals surface area (Å²) in [7, 11) is 1.65. The Morgan fingerprint density at radius 2 is 0.800 bits per heavy atom. The number of aryl methyl sites for hydroxylation is 1. The molecule has 4 rings (SSSR count). The van der Waals surface area contributed by atoms with Gasteiger partial charge in [-0.05, 0) is 85.1 Å². The molecule has 30 heavy (non-hydrogen) atoms. The number of hydrogen-bond acceptors (Lipinski definition) is 3. The van der Waals surface area contributed by atoms with E-state index in [4.69, 9.17) is 14.2 Å². The molecule has 0 aromatic heterocycles. The Labute approximate surface area is 177 Å². The van der Waals surface area contributed by atoms with Gasteiger partial charge in [0.05, 0.1) is 7.11 Å². The second-order valence-corrected chi connectivity index (χ2v) is 7.16. The van der Waals surface area contributed by atoms with E-state index in [1.807, 2.05) is 60.7 Å². The van der Waals surface area contributed by atoms with Gasteiger partial charge < -0.3 is 14.2 Å². The molecule has 4 aromatic rings. The summed E-state index contributed by atoms with van der Waals surface area (Å²) in [6.45, 7) is 2.10. The van der Waals surface area contributed by atoms with Crippen LogP contribution < -0.4 is 14.2 Å². The van der Waals surface area contributed by atoms with Crippen LogP contribution in [-0.2, 0) is 6.42 Å². The van der Waals surface area contributed by atoms with Crippen LogP contribution in [-0.4, -0.2) is 7.11 Å². The van der Waals surface area contributed by atoms with Gasteiger partial charge in [-0.2, -0.15) is 0 Å². The second kappa shape index (κ2) is 9.19. The van der Waals surface area contributed by atoms with Gasteiger partial charge >= 0.3 is 0 Å². The number of hydrogen-bond donors (Lipinski definition) is 0. The molecule has 150 valence electrons. The zero-order chi connectivity index (χ0) is 20.8. The average Bonchev–Trinajstić information content (AvgIpc) is 2.78. The van der Waals surface area contributed by atoms with E-state index in [1.54, 1.807) is 7.11 Å². The monoisotopic (exact) mass is 396 g/mol. The van der Waals surface area contributed by atoms with Crippen LogP contribution in [0.4, 0.5) is 0 Å². The first-order chi connectivity index (χ1) is 14.7. The van der Waals surface area contributed by atoms with E-state index in [9.17, 15) is 0 Å². The lowest BCUT2D eigenvalue weighted by Gasteiger charge is -2.09. The molecule has 0 aliphatic heterocycles. The molecular weight excluding hydrogens is 372 g/mol. The number of methoxy groups -OCH3 is 1. The molecule has 0 saturated carbocycles. The van der Waals surface area contributed by atoms with Crippen molar-refractivity contribution in [2.45, 2.75) is 13.3 Å². The molecule has 0 radical (unpaired) electrons. The van der Waals surface area contributed by atoms with Crippen LogP contribution in [0.3, 0.4) is 0 Å². The first-order valence-electron chi connectivity index (χ1n) is 9.92. The second-order valence-electron chi connectivity index (χ2n) is 7.16. The number of rotatable bonds is 7. The Morgan fingerprint density at radius 1 is 0.467 bits per heavy atom. The summed E-state index contributed by atoms with van der Waals surface area (Å²) in [5.41, 5.74) is 3.85. The third-order valence-electron chi connectivity index (χ3n) is 4.81. The maximum atomic E-state index is 5.96. The molecule has 3 heteroatoms. The first-order valence-corrected chi connectivity index (χ1v) is 9.92. The van der Waals surface area contributed by atoms with E-state index in [-0.39, 0.29) is 0 Å². The molecule has 0 spiro atoms. The van der Waals surface area contributed by atoms with Gasteiger partial charge in [-0.3, -0.25) is 0 Å². The van der Waals surface area contributed by atoms with E-state index in [2.05, 4.69) is 43.3 Å². The molecule has 0 N–H and O–H groups in total. The Bertz CT molecular complexity index is 1070. The van der Waals surface area contributed by atoms with Crippen molar-refractivity contribution in [3.05, 3.63) is 114 Å². The highest BCUT2D eigenvalue weighted by atomic mass is 16.5. The highest BCUT2D eigenvalue weighted by molar-refractivity contribution is 5.40. The lowest BCUT2D eigenvalue weighted by molar-refractivity contribution is 0.413. The van der Waals surface area contributed by atoms with Crippen molar-refractivity contribution >= 4 is 0 Å². The van der Waals surface area contributed by atoms with Crippen LogP contribution in [0, 0.1) is 6.92 Å². The summed E-state index contributed by atoms with van der Waals surface area (Å²) in [6.07, 6.45) is 0.915.